The predicted octanol–water partition coefficient (Wildman–Crippen LogP) is 7.02. The second-order valence-corrected chi connectivity index (χ2v) is 8.14. The lowest BCUT2D eigenvalue weighted by Crippen LogP contribution is -1.87. The molecule has 4 heteroatoms. The highest BCUT2D eigenvalue weighted by Gasteiger charge is 2.08. The summed E-state index contributed by atoms with van der Waals surface area (Å²) >= 11 is 5.07. The van der Waals surface area contributed by atoms with Gasteiger partial charge in [-0.3, -0.25) is 4.79 Å². The largest absolute Gasteiger partial charge is 0.290 e. The van der Waals surface area contributed by atoms with Crippen LogP contribution in [0.3, 0.4) is 0 Å². The van der Waals surface area contributed by atoms with Crippen molar-refractivity contribution in [2.45, 2.75) is 0 Å². The van der Waals surface area contributed by atoms with Crippen LogP contribution in [0.25, 0.3) is 32.9 Å². The maximum absolute atomic E-state index is 12.2. The molecule has 4 aromatic rings. The second-order valence-electron chi connectivity index (χ2n) is 6.19. The van der Waals surface area contributed by atoms with Gasteiger partial charge in [0.2, 0.25) is 0 Å². The van der Waals surface area contributed by atoms with E-state index in [1.165, 1.54) is 0 Å². The lowest BCUT2D eigenvalue weighted by Gasteiger charge is -2.01. The zero-order chi connectivity index (χ0) is 19.3. The predicted molar refractivity (Wildman–Crippen MR) is 122 cm³/mol. The Hall–Kier alpha value is -2.82. The molecule has 0 saturated carbocycles. The van der Waals surface area contributed by atoms with Crippen molar-refractivity contribution >= 4 is 55.4 Å². The molecular formula is C24H16BrNOS. The highest BCUT2D eigenvalue weighted by atomic mass is 79.9. The first kappa shape index (κ1) is 18.5. The van der Waals surface area contributed by atoms with Gasteiger partial charge in [-0.25, -0.2) is 4.98 Å². The molecule has 0 bridgehead atoms. The summed E-state index contributed by atoms with van der Waals surface area (Å²) < 4.78 is 2.17. The maximum Gasteiger partial charge on any atom is 0.178 e. The average Bonchev–Trinajstić information content (AvgIpc) is 3.16. The third-order valence-electron chi connectivity index (χ3n) is 4.22. The molecule has 0 atom stereocenters. The first-order valence-electron chi connectivity index (χ1n) is 8.80. The first-order valence-corrected chi connectivity index (χ1v) is 10.4. The van der Waals surface area contributed by atoms with Crippen LogP contribution in [0.1, 0.15) is 11.1 Å². The molecule has 136 valence electrons. The van der Waals surface area contributed by atoms with Crippen LogP contribution in [-0.4, -0.2) is 10.8 Å². The number of aromatic nitrogens is 1. The Labute approximate surface area is 176 Å². The van der Waals surface area contributed by atoms with Gasteiger partial charge in [0.25, 0.3) is 0 Å². The van der Waals surface area contributed by atoms with Crippen molar-refractivity contribution in [2.75, 3.05) is 0 Å². The highest BCUT2D eigenvalue weighted by Crippen LogP contribution is 2.32. The number of para-hydroxylation sites is 1. The van der Waals surface area contributed by atoms with E-state index in [2.05, 4.69) is 22.0 Å². The number of thiazole rings is 1. The van der Waals surface area contributed by atoms with Gasteiger partial charge in [-0.2, -0.15) is 0 Å². The van der Waals surface area contributed by atoms with Crippen LogP contribution in [0.2, 0.25) is 0 Å². The number of nitrogens with zero attached hydrogens (tertiary/aromatic N) is 1. The Morgan fingerprint density at radius 3 is 2.39 bits per heavy atom. The first-order chi connectivity index (χ1) is 13.7. The molecule has 0 unspecified atom stereocenters. The molecule has 0 fully saturated rings. The number of carbonyl (C=O) groups is 1. The van der Waals surface area contributed by atoms with Crippen molar-refractivity contribution in [3.63, 3.8) is 0 Å². The van der Waals surface area contributed by atoms with E-state index in [1.54, 1.807) is 23.5 Å². The Balaban J connectivity index is 1.56. The zero-order valence-corrected chi connectivity index (χ0v) is 17.3. The van der Waals surface area contributed by atoms with Crippen molar-refractivity contribution in [1.82, 2.24) is 4.98 Å². The monoisotopic (exact) mass is 445 g/mol. The topological polar surface area (TPSA) is 30.0 Å². The fraction of sp³-hybridized carbons (Fsp3) is 0. The van der Waals surface area contributed by atoms with Gasteiger partial charge in [-0.1, -0.05) is 76.6 Å². The molecule has 28 heavy (non-hydrogen) atoms. The van der Waals surface area contributed by atoms with Crippen molar-refractivity contribution in [2.24, 2.45) is 0 Å². The molecule has 4 rings (SSSR count). The van der Waals surface area contributed by atoms with Gasteiger partial charge in [0, 0.05) is 10.0 Å². The molecule has 0 aliphatic rings. The summed E-state index contributed by atoms with van der Waals surface area (Å²) in [6, 6.07) is 23.9. The van der Waals surface area contributed by atoms with Gasteiger partial charge < -0.3 is 0 Å². The molecule has 0 amide bonds. The van der Waals surface area contributed by atoms with Crippen LogP contribution in [0.5, 0.6) is 0 Å². The molecule has 1 heterocycles. The molecule has 0 saturated heterocycles. The molecule has 0 aliphatic carbocycles. The molecule has 0 spiro atoms. The fourth-order valence-corrected chi connectivity index (χ4v) is 4.08. The van der Waals surface area contributed by atoms with E-state index in [1.807, 2.05) is 78.9 Å². The zero-order valence-electron chi connectivity index (χ0n) is 14.9. The highest BCUT2D eigenvalue weighted by molar-refractivity contribution is 9.10. The lowest BCUT2D eigenvalue weighted by molar-refractivity contribution is -0.110. The van der Waals surface area contributed by atoms with E-state index < -0.39 is 0 Å². The van der Waals surface area contributed by atoms with Crippen LogP contribution in [0.4, 0.5) is 0 Å². The van der Waals surface area contributed by atoms with Crippen molar-refractivity contribution in [1.29, 1.82) is 0 Å². The summed E-state index contributed by atoms with van der Waals surface area (Å²) in [7, 11) is 0. The normalized spacial score (nSPS) is 11.6. The third kappa shape index (κ3) is 4.35. The number of fused-ring (bicyclic) bond motifs is 1. The second kappa shape index (κ2) is 8.46. The average molecular weight is 446 g/mol. The number of rotatable bonds is 5. The van der Waals surface area contributed by atoms with Crippen LogP contribution < -0.4 is 0 Å². The van der Waals surface area contributed by atoms with Crippen molar-refractivity contribution in [3.8, 4) is 10.6 Å². The molecule has 0 aliphatic heterocycles. The standard InChI is InChI=1S/C24H16BrNOS/c25-19-13-9-17(10-14-19)11-15-20(27)16-12-18-5-1-2-6-21(18)24-26-22-7-3-4-8-23(22)28-24/h1-16H. The van der Waals surface area contributed by atoms with Crippen LogP contribution >= 0.6 is 27.3 Å². The number of hydrogen-bond acceptors (Lipinski definition) is 3. The summed E-state index contributed by atoms with van der Waals surface area (Å²) in [4.78, 5) is 17.0. The Kier molecular flexibility index (Phi) is 5.60. The lowest BCUT2D eigenvalue weighted by atomic mass is 10.1. The quantitative estimate of drug-likeness (QED) is 0.308. The SMILES string of the molecule is O=C(C=Cc1ccc(Br)cc1)C=Cc1ccccc1-c1nc2ccccc2s1. The van der Waals surface area contributed by atoms with E-state index in [4.69, 9.17) is 4.98 Å². The minimum absolute atomic E-state index is 0.0537. The van der Waals surface area contributed by atoms with E-state index in [0.29, 0.717) is 0 Å². The van der Waals surface area contributed by atoms with E-state index in [-0.39, 0.29) is 5.78 Å². The van der Waals surface area contributed by atoms with Gasteiger partial charge in [-0.15, -0.1) is 11.3 Å². The van der Waals surface area contributed by atoms with E-state index >= 15 is 0 Å². The summed E-state index contributed by atoms with van der Waals surface area (Å²) in [5.74, 6) is -0.0537. The summed E-state index contributed by atoms with van der Waals surface area (Å²) in [5, 5.41) is 0.958. The van der Waals surface area contributed by atoms with Crippen molar-refractivity contribution in [3.05, 3.63) is 101 Å². The number of carbonyl (C=O) groups excluding carboxylic acids is 1. The van der Waals surface area contributed by atoms with Gasteiger partial charge >= 0.3 is 0 Å². The summed E-state index contributed by atoms with van der Waals surface area (Å²) in [6.45, 7) is 0. The number of allylic oxidation sites excluding steroid dienone is 2. The Bertz CT molecular complexity index is 1160. The molecule has 0 N–H and O–H groups in total. The summed E-state index contributed by atoms with van der Waals surface area (Å²) in [5.41, 5.74) is 3.99. The van der Waals surface area contributed by atoms with Gasteiger partial charge in [0.15, 0.2) is 5.78 Å². The Morgan fingerprint density at radius 1 is 0.857 bits per heavy atom. The van der Waals surface area contributed by atoms with Gasteiger partial charge in [0.1, 0.15) is 5.01 Å². The number of benzene rings is 3. The summed E-state index contributed by atoms with van der Waals surface area (Å²) in [6.07, 6.45) is 6.86. The molecule has 0 radical (unpaired) electrons. The maximum atomic E-state index is 12.2. The number of hydrogen-bond donors (Lipinski definition) is 0. The molecule has 2 nitrogen and oxygen atoms in total. The third-order valence-corrected chi connectivity index (χ3v) is 5.82. The van der Waals surface area contributed by atoms with E-state index in [0.717, 1.165) is 36.4 Å². The molecule has 1 aromatic heterocycles. The van der Waals surface area contributed by atoms with Crippen LogP contribution in [-0.2, 0) is 4.79 Å². The minimum Gasteiger partial charge on any atom is -0.290 e. The minimum atomic E-state index is -0.0537. The number of halogens is 1. The smallest absolute Gasteiger partial charge is 0.178 e. The van der Waals surface area contributed by atoms with E-state index in [9.17, 15) is 4.79 Å². The van der Waals surface area contributed by atoms with Crippen LogP contribution in [0.15, 0.2) is 89.4 Å². The molecular weight excluding hydrogens is 430 g/mol. The Morgan fingerprint density at radius 2 is 1.57 bits per heavy atom. The number of ketones is 1. The van der Waals surface area contributed by atoms with Gasteiger partial charge in [-0.05, 0) is 47.5 Å². The van der Waals surface area contributed by atoms with Crippen LogP contribution in [0, 0.1) is 0 Å². The molecule has 3 aromatic carbocycles. The van der Waals surface area contributed by atoms with Crippen molar-refractivity contribution < 1.29 is 4.79 Å². The fourth-order valence-electron chi connectivity index (χ4n) is 2.80. The van der Waals surface area contributed by atoms with Gasteiger partial charge in [0.05, 0.1) is 10.2 Å².